The Morgan fingerprint density at radius 2 is 1.05 bits per heavy atom. The van der Waals surface area contributed by atoms with Crippen molar-refractivity contribution in [3.05, 3.63) is 0 Å². The third kappa shape index (κ3) is 14.8. The molecule has 4 nitrogen and oxygen atoms in total. The van der Waals surface area contributed by atoms with Crippen LogP contribution in [-0.2, 0) is 9.47 Å². The molecule has 0 saturated carbocycles. The van der Waals surface area contributed by atoms with E-state index in [1.807, 2.05) is 20.8 Å². The highest BCUT2D eigenvalue weighted by atomic mass is 16.5. The Morgan fingerprint density at radius 3 is 1.50 bits per heavy atom. The van der Waals surface area contributed by atoms with Gasteiger partial charge in [-0.15, -0.1) is 0 Å². The first kappa shape index (κ1) is 21.8. The predicted molar refractivity (Wildman–Crippen MR) is 91.1 cm³/mol. The molecule has 2 unspecified atom stereocenters. The van der Waals surface area contributed by atoms with Crippen molar-refractivity contribution in [1.29, 1.82) is 0 Å². The molecule has 0 heterocycles. The molecule has 0 amide bonds. The van der Waals surface area contributed by atoms with Gasteiger partial charge in [0.2, 0.25) is 0 Å². The summed E-state index contributed by atoms with van der Waals surface area (Å²) >= 11 is 0. The molecular formula is C18H38O4. The lowest BCUT2D eigenvalue weighted by Crippen LogP contribution is -2.27. The van der Waals surface area contributed by atoms with Crippen LogP contribution in [0, 0.1) is 0 Å². The van der Waals surface area contributed by atoms with Crippen molar-refractivity contribution in [3.63, 3.8) is 0 Å². The largest absolute Gasteiger partial charge is 0.390 e. The minimum atomic E-state index is -0.644. The molecule has 4 heteroatoms. The van der Waals surface area contributed by atoms with E-state index in [0.717, 1.165) is 32.3 Å². The summed E-state index contributed by atoms with van der Waals surface area (Å²) in [5, 5.41) is 19.9. The van der Waals surface area contributed by atoms with E-state index >= 15 is 0 Å². The molecule has 0 aliphatic heterocycles. The van der Waals surface area contributed by atoms with Crippen LogP contribution in [0.1, 0.15) is 80.1 Å². The van der Waals surface area contributed by atoms with E-state index in [9.17, 15) is 10.2 Å². The maximum atomic E-state index is 9.94. The molecule has 0 aromatic heterocycles. The number of aliphatic hydroxyl groups excluding tert-OH is 2. The van der Waals surface area contributed by atoms with Gasteiger partial charge in [-0.05, 0) is 67.2 Å². The molecule has 0 fully saturated rings. The first-order valence-electron chi connectivity index (χ1n) is 8.65. The van der Waals surface area contributed by atoms with Gasteiger partial charge in [-0.2, -0.15) is 0 Å². The van der Waals surface area contributed by atoms with E-state index < -0.39 is 12.2 Å². The Hall–Kier alpha value is -0.160. The van der Waals surface area contributed by atoms with E-state index in [1.165, 1.54) is 0 Å². The van der Waals surface area contributed by atoms with Crippen LogP contribution in [-0.4, -0.2) is 46.8 Å². The molecule has 22 heavy (non-hydrogen) atoms. The van der Waals surface area contributed by atoms with Gasteiger partial charge in [0, 0.05) is 13.2 Å². The van der Waals surface area contributed by atoms with Crippen LogP contribution in [0.4, 0.5) is 0 Å². The summed E-state index contributed by atoms with van der Waals surface area (Å²) in [4.78, 5) is 0. The maximum absolute atomic E-state index is 9.94. The summed E-state index contributed by atoms with van der Waals surface area (Å²) < 4.78 is 11.3. The molecule has 0 aromatic carbocycles. The van der Waals surface area contributed by atoms with Gasteiger partial charge in [0.05, 0.1) is 23.4 Å². The van der Waals surface area contributed by atoms with Crippen molar-refractivity contribution in [3.8, 4) is 0 Å². The van der Waals surface area contributed by atoms with E-state index in [0.29, 0.717) is 19.4 Å². The highest BCUT2D eigenvalue weighted by Crippen LogP contribution is 2.14. The molecule has 0 aliphatic rings. The van der Waals surface area contributed by atoms with Gasteiger partial charge in [-0.25, -0.2) is 0 Å². The number of hydrogen-bond donors (Lipinski definition) is 2. The zero-order chi connectivity index (χ0) is 17.2. The molecule has 0 bridgehead atoms. The van der Waals surface area contributed by atoms with Crippen molar-refractivity contribution >= 4 is 0 Å². The van der Waals surface area contributed by atoms with Crippen molar-refractivity contribution in [1.82, 2.24) is 0 Å². The van der Waals surface area contributed by atoms with Crippen LogP contribution in [0.5, 0.6) is 0 Å². The summed E-state index contributed by atoms with van der Waals surface area (Å²) in [7, 11) is 0. The number of hydrogen-bond acceptors (Lipinski definition) is 4. The van der Waals surface area contributed by atoms with Gasteiger partial charge >= 0.3 is 0 Å². The van der Waals surface area contributed by atoms with Crippen LogP contribution in [0.3, 0.4) is 0 Å². The average Bonchev–Trinajstić information content (AvgIpc) is 2.35. The monoisotopic (exact) mass is 318 g/mol. The molecule has 0 saturated heterocycles. The van der Waals surface area contributed by atoms with Crippen LogP contribution in [0.15, 0.2) is 0 Å². The molecule has 0 aliphatic carbocycles. The van der Waals surface area contributed by atoms with Crippen LogP contribution in [0.2, 0.25) is 0 Å². The quantitative estimate of drug-likeness (QED) is 0.571. The van der Waals surface area contributed by atoms with Crippen LogP contribution in [0.25, 0.3) is 0 Å². The summed E-state index contributed by atoms with van der Waals surface area (Å²) in [6.45, 7) is 13.6. The van der Waals surface area contributed by atoms with Crippen molar-refractivity contribution in [2.75, 3.05) is 13.2 Å². The Balaban J connectivity index is 3.56. The first-order valence-corrected chi connectivity index (χ1v) is 8.65. The smallest absolute Gasteiger partial charge is 0.0800 e. The topological polar surface area (TPSA) is 58.9 Å². The summed E-state index contributed by atoms with van der Waals surface area (Å²) in [6, 6.07) is 0. The van der Waals surface area contributed by atoms with Gasteiger partial charge < -0.3 is 19.7 Å². The fourth-order valence-electron chi connectivity index (χ4n) is 2.07. The van der Waals surface area contributed by atoms with E-state index in [-0.39, 0.29) is 11.2 Å². The fraction of sp³-hybridized carbons (Fsp3) is 1.00. The Kier molecular flexibility index (Phi) is 10.5. The van der Waals surface area contributed by atoms with Gasteiger partial charge in [-0.1, -0.05) is 12.8 Å². The number of rotatable bonds is 11. The van der Waals surface area contributed by atoms with Crippen molar-refractivity contribution < 1.29 is 19.7 Å². The Labute approximate surface area is 137 Å². The molecule has 0 aromatic rings. The molecule has 134 valence electrons. The standard InChI is InChI=1S/C18H38O4/c1-17(2,3)21-13-9-7-8-11-15(19)16(20)12-10-14-22-18(4,5)6/h15-16,19-20H,7-14H2,1-6H3. The zero-order valence-electron chi connectivity index (χ0n) is 15.5. The second kappa shape index (κ2) is 10.6. The third-order valence-electron chi connectivity index (χ3n) is 3.30. The van der Waals surface area contributed by atoms with Gasteiger partial charge in [0.25, 0.3) is 0 Å². The number of unbranched alkanes of at least 4 members (excludes halogenated alkanes) is 2. The molecule has 0 radical (unpaired) electrons. The highest BCUT2D eigenvalue weighted by molar-refractivity contribution is 4.68. The Bertz CT molecular complexity index is 265. The molecule has 2 atom stereocenters. The minimum absolute atomic E-state index is 0.0785. The summed E-state index contributed by atoms with van der Waals surface area (Å²) in [6.07, 6.45) is 3.68. The molecular weight excluding hydrogens is 280 g/mol. The minimum Gasteiger partial charge on any atom is -0.390 e. The first-order chi connectivity index (χ1) is 10.0. The van der Waals surface area contributed by atoms with Gasteiger partial charge in [-0.3, -0.25) is 0 Å². The predicted octanol–water partition coefficient (Wildman–Crippen LogP) is 3.68. The molecule has 0 spiro atoms. The van der Waals surface area contributed by atoms with E-state index in [2.05, 4.69) is 20.8 Å². The van der Waals surface area contributed by atoms with Gasteiger partial charge in [0.1, 0.15) is 0 Å². The lowest BCUT2D eigenvalue weighted by Gasteiger charge is -2.21. The van der Waals surface area contributed by atoms with Crippen molar-refractivity contribution in [2.45, 2.75) is 103 Å². The zero-order valence-corrected chi connectivity index (χ0v) is 15.5. The average molecular weight is 318 g/mol. The highest BCUT2D eigenvalue weighted by Gasteiger charge is 2.16. The van der Waals surface area contributed by atoms with Crippen LogP contribution >= 0.6 is 0 Å². The van der Waals surface area contributed by atoms with Crippen LogP contribution < -0.4 is 0 Å². The number of ether oxygens (including phenoxy) is 2. The SMILES string of the molecule is CC(C)(C)OCCCCCC(O)C(O)CCCOC(C)(C)C. The van der Waals surface area contributed by atoms with Crippen molar-refractivity contribution in [2.24, 2.45) is 0 Å². The second-order valence-corrected chi connectivity index (χ2v) is 8.05. The normalized spacial score (nSPS) is 15.8. The van der Waals surface area contributed by atoms with E-state index in [4.69, 9.17) is 9.47 Å². The second-order valence-electron chi connectivity index (χ2n) is 8.05. The fourth-order valence-corrected chi connectivity index (χ4v) is 2.07. The number of aliphatic hydroxyl groups is 2. The Morgan fingerprint density at radius 1 is 0.636 bits per heavy atom. The summed E-state index contributed by atoms with van der Waals surface area (Å²) in [5.74, 6) is 0. The van der Waals surface area contributed by atoms with E-state index in [1.54, 1.807) is 0 Å². The lowest BCUT2D eigenvalue weighted by atomic mass is 10.0. The molecule has 0 rings (SSSR count). The molecule has 2 N–H and O–H groups in total. The maximum Gasteiger partial charge on any atom is 0.0800 e. The lowest BCUT2D eigenvalue weighted by molar-refractivity contribution is -0.0239. The third-order valence-corrected chi connectivity index (χ3v) is 3.30. The summed E-state index contributed by atoms with van der Waals surface area (Å²) in [5.41, 5.74) is -0.219. The van der Waals surface area contributed by atoms with Gasteiger partial charge in [0.15, 0.2) is 0 Å².